The van der Waals surface area contributed by atoms with Gasteiger partial charge in [0.15, 0.2) is 0 Å². The van der Waals surface area contributed by atoms with Crippen LogP contribution in [0.2, 0.25) is 0 Å². The normalized spacial score (nSPS) is 13.8. The smallest absolute Gasteiger partial charge is 0.137 e. The van der Waals surface area contributed by atoms with E-state index in [1.165, 1.54) is 65.6 Å². The lowest BCUT2D eigenvalue weighted by Crippen LogP contribution is -2.24. The van der Waals surface area contributed by atoms with Crippen molar-refractivity contribution in [3.05, 3.63) is 164 Å². The Morgan fingerprint density at radius 1 is 0.491 bits per heavy atom. The van der Waals surface area contributed by atoms with Crippen molar-refractivity contribution in [1.82, 2.24) is 23.6 Å². The molecule has 10 aromatic rings. The number of aromatic nitrogens is 4. The Labute approximate surface area is 319 Å². The number of hydrogen-bond acceptors (Lipinski definition) is 3. The van der Waals surface area contributed by atoms with Crippen molar-refractivity contribution in [2.45, 2.75) is 26.2 Å². The van der Waals surface area contributed by atoms with Crippen LogP contribution in [0.1, 0.15) is 26.3 Å². The zero-order chi connectivity index (χ0) is 37.0. The molecule has 6 nitrogen and oxygen atoms in total. The monoisotopic (exact) mass is 712 g/mol. The van der Waals surface area contributed by atoms with E-state index in [1.807, 2.05) is 12.3 Å². The molecule has 1 aliphatic rings. The Bertz CT molecular complexity index is 3130. The van der Waals surface area contributed by atoms with Crippen molar-refractivity contribution in [1.29, 1.82) is 0 Å². The maximum absolute atomic E-state index is 4.81. The van der Waals surface area contributed by atoms with Gasteiger partial charge in [-0.05, 0) is 71.6 Å². The van der Waals surface area contributed by atoms with Crippen molar-refractivity contribution >= 4 is 76.9 Å². The molecule has 4 aromatic heterocycles. The lowest BCUT2D eigenvalue weighted by molar-refractivity contribution is 0.497. The molecule has 0 saturated carbocycles. The molecule has 11 rings (SSSR count). The Morgan fingerprint density at radius 3 is 1.65 bits per heavy atom. The fraction of sp³-hybridized carbons (Fsp3) is 0.122. The third-order valence-electron chi connectivity index (χ3n) is 11.5. The first-order valence-corrected chi connectivity index (χ1v) is 19.1. The van der Waals surface area contributed by atoms with Gasteiger partial charge in [-0.3, -0.25) is 9.13 Å². The second-order valence-electron chi connectivity index (χ2n) is 15.9. The summed E-state index contributed by atoms with van der Waals surface area (Å²) in [7, 11) is 2.20. The molecule has 0 bridgehead atoms. The quantitative estimate of drug-likeness (QED) is 0.182. The summed E-state index contributed by atoms with van der Waals surface area (Å²) in [5.74, 6) is 2.07. The average Bonchev–Trinajstić information content (AvgIpc) is 3.94. The van der Waals surface area contributed by atoms with E-state index in [4.69, 9.17) is 4.98 Å². The van der Waals surface area contributed by atoms with Gasteiger partial charge in [0.1, 0.15) is 11.6 Å². The Hall–Kier alpha value is -6.79. The lowest BCUT2D eigenvalue weighted by Gasteiger charge is -2.25. The molecular formula is C49H40N6. The standard InChI is InChI=1S/C49H40N6/c1-49(2,3)39-27-33(52-30-47(51(4)31-52)55-41-20-10-6-15-34(41)35-16-7-11-21-42(35)55)29-45-48(39)38-18-8-12-22-43(38)53(45)32-24-25-37-36-17-5-9-19-40(36)54(44(37)28-32)46-23-13-14-26-50-46/h5-30H,31H2,1-4H3. The number of benzene rings is 6. The van der Waals surface area contributed by atoms with E-state index in [9.17, 15) is 0 Å². The summed E-state index contributed by atoms with van der Waals surface area (Å²) < 4.78 is 7.19. The van der Waals surface area contributed by atoms with Crippen LogP contribution in [0, 0.1) is 0 Å². The number of nitrogens with zero attached hydrogens (tertiary/aromatic N) is 6. The van der Waals surface area contributed by atoms with Crippen LogP contribution in [0.5, 0.6) is 0 Å². The molecule has 0 spiro atoms. The van der Waals surface area contributed by atoms with Gasteiger partial charge in [-0.25, -0.2) is 4.98 Å². The van der Waals surface area contributed by atoms with Gasteiger partial charge in [0.05, 0.1) is 39.8 Å². The van der Waals surface area contributed by atoms with Gasteiger partial charge in [-0.1, -0.05) is 106 Å². The second kappa shape index (κ2) is 11.6. The first kappa shape index (κ1) is 31.7. The molecule has 0 unspecified atom stereocenters. The molecule has 0 N–H and O–H groups in total. The van der Waals surface area contributed by atoms with Gasteiger partial charge in [0.2, 0.25) is 0 Å². The summed E-state index contributed by atoms with van der Waals surface area (Å²) in [6.45, 7) is 7.75. The van der Waals surface area contributed by atoms with Crippen molar-refractivity contribution < 1.29 is 0 Å². The maximum Gasteiger partial charge on any atom is 0.137 e. The van der Waals surface area contributed by atoms with E-state index in [0.29, 0.717) is 0 Å². The van der Waals surface area contributed by atoms with Crippen LogP contribution >= 0.6 is 0 Å². The minimum Gasteiger partial charge on any atom is -0.341 e. The van der Waals surface area contributed by atoms with Crippen molar-refractivity contribution in [3.8, 4) is 11.5 Å². The third-order valence-corrected chi connectivity index (χ3v) is 11.5. The molecular weight excluding hydrogens is 673 g/mol. The highest BCUT2D eigenvalue weighted by Gasteiger charge is 2.28. The number of anilines is 1. The molecule has 0 saturated heterocycles. The summed E-state index contributed by atoms with van der Waals surface area (Å²) in [4.78, 5) is 9.59. The molecule has 1 aliphatic heterocycles. The number of pyridine rings is 1. The number of rotatable bonds is 4. The Balaban J connectivity index is 1.16. The Kier molecular flexibility index (Phi) is 6.69. The van der Waals surface area contributed by atoms with E-state index in [0.717, 1.165) is 35.0 Å². The second-order valence-corrected chi connectivity index (χ2v) is 15.9. The molecule has 55 heavy (non-hydrogen) atoms. The van der Waals surface area contributed by atoms with Gasteiger partial charge in [-0.2, -0.15) is 0 Å². The molecule has 0 fully saturated rings. The van der Waals surface area contributed by atoms with Crippen LogP contribution in [0.4, 0.5) is 5.69 Å². The average molecular weight is 713 g/mol. The van der Waals surface area contributed by atoms with Gasteiger partial charge in [0, 0.05) is 63.1 Å². The summed E-state index contributed by atoms with van der Waals surface area (Å²) in [5, 5.41) is 7.54. The maximum atomic E-state index is 4.81. The van der Waals surface area contributed by atoms with Crippen LogP contribution in [0.15, 0.2) is 158 Å². The molecule has 6 heteroatoms. The first-order chi connectivity index (χ1) is 26.8. The topological polar surface area (TPSA) is 34.2 Å². The van der Waals surface area contributed by atoms with E-state index in [1.54, 1.807) is 0 Å². The van der Waals surface area contributed by atoms with Crippen molar-refractivity contribution in [2.75, 3.05) is 18.6 Å². The highest BCUT2D eigenvalue weighted by Crippen LogP contribution is 2.44. The van der Waals surface area contributed by atoms with E-state index in [2.05, 4.69) is 197 Å². The van der Waals surface area contributed by atoms with E-state index >= 15 is 0 Å². The summed E-state index contributed by atoms with van der Waals surface area (Å²) in [6, 6.07) is 52.9. The number of hydrogen-bond donors (Lipinski definition) is 0. The summed E-state index contributed by atoms with van der Waals surface area (Å²) in [5.41, 5.74) is 10.6. The van der Waals surface area contributed by atoms with Gasteiger partial charge in [-0.15, -0.1) is 0 Å². The fourth-order valence-electron chi connectivity index (χ4n) is 9.08. The largest absolute Gasteiger partial charge is 0.341 e. The molecule has 266 valence electrons. The van der Waals surface area contributed by atoms with Gasteiger partial charge in [0.25, 0.3) is 0 Å². The number of para-hydroxylation sites is 4. The molecule has 5 heterocycles. The van der Waals surface area contributed by atoms with Crippen molar-refractivity contribution in [2.24, 2.45) is 0 Å². The zero-order valence-corrected chi connectivity index (χ0v) is 31.4. The van der Waals surface area contributed by atoms with E-state index < -0.39 is 0 Å². The van der Waals surface area contributed by atoms with Crippen LogP contribution in [-0.4, -0.2) is 37.3 Å². The molecule has 0 radical (unpaired) electrons. The summed E-state index contributed by atoms with van der Waals surface area (Å²) >= 11 is 0. The van der Waals surface area contributed by atoms with Crippen LogP contribution in [-0.2, 0) is 5.41 Å². The number of fused-ring (bicyclic) bond motifs is 9. The molecule has 6 aromatic carbocycles. The predicted octanol–water partition coefficient (Wildman–Crippen LogP) is 11.8. The SMILES string of the molecule is CN1CN(c2cc(C(C)(C)C)c3c4ccccc4n(-c4ccc5c6ccccc6n(-c6ccccn6)c5c4)c3c2)C=C1n1c2ccccc2c2ccccc21. The first-order valence-electron chi connectivity index (χ1n) is 19.1. The molecule has 0 amide bonds. The van der Waals surface area contributed by atoms with Gasteiger partial charge < -0.3 is 14.4 Å². The predicted molar refractivity (Wildman–Crippen MR) is 230 cm³/mol. The Morgan fingerprint density at radius 2 is 1.04 bits per heavy atom. The summed E-state index contributed by atoms with van der Waals surface area (Å²) in [6.07, 6.45) is 4.20. The fourth-order valence-corrected chi connectivity index (χ4v) is 9.08. The third kappa shape index (κ3) is 4.64. The minimum atomic E-state index is -0.108. The molecule has 0 atom stereocenters. The van der Waals surface area contributed by atoms with Crippen LogP contribution < -0.4 is 4.90 Å². The lowest BCUT2D eigenvalue weighted by atomic mass is 9.83. The minimum absolute atomic E-state index is 0.108. The van der Waals surface area contributed by atoms with Crippen LogP contribution in [0.25, 0.3) is 82.7 Å². The zero-order valence-electron chi connectivity index (χ0n) is 31.4. The highest BCUT2D eigenvalue weighted by atomic mass is 15.4. The van der Waals surface area contributed by atoms with Gasteiger partial charge >= 0.3 is 0 Å². The highest BCUT2D eigenvalue weighted by molar-refractivity contribution is 6.14. The molecule has 0 aliphatic carbocycles. The van der Waals surface area contributed by atoms with E-state index in [-0.39, 0.29) is 5.41 Å². The van der Waals surface area contributed by atoms with Crippen LogP contribution in [0.3, 0.4) is 0 Å². The van der Waals surface area contributed by atoms with Crippen molar-refractivity contribution in [3.63, 3.8) is 0 Å².